The minimum absolute atomic E-state index is 0.0461. The zero-order valence-corrected chi connectivity index (χ0v) is 16.6. The number of benzene rings is 2. The fourth-order valence-corrected chi connectivity index (χ4v) is 3.98. The number of anilines is 1. The van der Waals surface area contributed by atoms with Gasteiger partial charge in [-0.3, -0.25) is 14.5 Å². The lowest BCUT2D eigenvalue weighted by Gasteiger charge is -2.11. The number of carbonyl (C=O) groups excluding carboxylic acids is 1. The molecule has 1 heterocycles. The normalized spacial score (nSPS) is 14.9. The number of rotatable bonds is 5. The molecule has 0 saturated carbocycles. The van der Waals surface area contributed by atoms with Crippen molar-refractivity contribution in [1.29, 1.82) is 0 Å². The van der Waals surface area contributed by atoms with Crippen LogP contribution in [0, 0.1) is 5.82 Å². The topological polar surface area (TPSA) is 87.6 Å². The Labute approximate surface area is 169 Å². The van der Waals surface area contributed by atoms with Gasteiger partial charge >= 0.3 is 0 Å². The van der Waals surface area contributed by atoms with E-state index < -0.39 is 15.9 Å². The van der Waals surface area contributed by atoms with Crippen LogP contribution >= 0.6 is 0 Å². The third kappa shape index (κ3) is 6.25. The highest BCUT2D eigenvalue weighted by Crippen LogP contribution is 2.17. The molecule has 0 aromatic heterocycles. The van der Waals surface area contributed by atoms with Crippen LogP contribution in [0.15, 0.2) is 64.5 Å². The zero-order chi connectivity index (χ0) is 20.7. The highest BCUT2D eigenvalue weighted by atomic mass is 32.2. The number of nitrogens with zero attached hydrogens (tertiary/aromatic N) is 1. The van der Waals surface area contributed by atoms with E-state index in [1.54, 1.807) is 30.3 Å². The van der Waals surface area contributed by atoms with Crippen LogP contribution in [-0.4, -0.2) is 26.7 Å². The summed E-state index contributed by atoms with van der Waals surface area (Å²) in [6, 6.07) is 11.7. The quantitative estimate of drug-likeness (QED) is 0.730. The van der Waals surface area contributed by atoms with Gasteiger partial charge in [-0.25, -0.2) is 12.8 Å². The predicted molar refractivity (Wildman–Crippen MR) is 112 cm³/mol. The van der Waals surface area contributed by atoms with E-state index in [0.717, 1.165) is 19.3 Å². The van der Waals surface area contributed by atoms with Crippen LogP contribution in [-0.2, 0) is 14.8 Å². The summed E-state index contributed by atoms with van der Waals surface area (Å²) in [5.41, 5.74) is 1.02. The standard InChI is InChI=1S/C21H22FN3O3S/c22-17-11-8-16(9-12-17)10-13-21(26)24-18-5-4-6-19(15-18)29(27,28)25-20-7-2-1-3-14-23-20/h4-6,8-13,15H,1-3,7,14H2,(H,23,25)(H,24,26)/b13-10+. The van der Waals surface area contributed by atoms with Crippen molar-refractivity contribution in [2.24, 2.45) is 4.99 Å². The molecule has 1 aliphatic heterocycles. The molecule has 0 saturated heterocycles. The number of halogens is 1. The molecule has 152 valence electrons. The van der Waals surface area contributed by atoms with E-state index in [2.05, 4.69) is 15.0 Å². The smallest absolute Gasteiger partial charge is 0.262 e. The highest BCUT2D eigenvalue weighted by Gasteiger charge is 2.17. The van der Waals surface area contributed by atoms with Crippen molar-refractivity contribution >= 4 is 33.5 Å². The molecule has 6 nitrogen and oxygen atoms in total. The Morgan fingerprint density at radius 3 is 2.66 bits per heavy atom. The first-order valence-corrected chi connectivity index (χ1v) is 10.8. The maximum Gasteiger partial charge on any atom is 0.262 e. The fourth-order valence-electron chi connectivity index (χ4n) is 2.84. The molecule has 1 aliphatic rings. The van der Waals surface area contributed by atoms with Crippen molar-refractivity contribution in [2.45, 2.75) is 30.6 Å². The molecule has 2 N–H and O–H groups in total. The minimum Gasteiger partial charge on any atom is -0.322 e. The second-order valence-corrected chi connectivity index (χ2v) is 8.33. The van der Waals surface area contributed by atoms with Gasteiger partial charge in [0, 0.05) is 24.7 Å². The second-order valence-electron chi connectivity index (χ2n) is 6.65. The van der Waals surface area contributed by atoms with Gasteiger partial charge in [-0.05, 0) is 54.8 Å². The van der Waals surface area contributed by atoms with Gasteiger partial charge in [0.25, 0.3) is 10.0 Å². The van der Waals surface area contributed by atoms with Crippen molar-refractivity contribution in [1.82, 2.24) is 4.72 Å². The van der Waals surface area contributed by atoms with Crippen LogP contribution in [0.1, 0.15) is 31.2 Å². The van der Waals surface area contributed by atoms with Crippen LogP contribution < -0.4 is 10.0 Å². The third-order valence-electron chi connectivity index (χ3n) is 4.34. The molecule has 8 heteroatoms. The van der Waals surface area contributed by atoms with Crippen LogP contribution in [0.3, 0.4) is 0 Å². The van der Waals surface area contributed by atoms with E-state index in [1.807, 2.05) is 0 Å². The minimum atomic E-state index is -3.78. The molecule has 0 unspecified atom stereocenters. The van der Waals surface area contributed by atoms with Crippen molar-refractivity contribution in [2.75, 3.05) is 11.9 Å². The maximum absolute atomic E-state index is 12.9. The molecule has 0 spiro atoms. The summed E-state index contributed by atoms with van der Waals surface area (Å²) in [5, 5.41) is 2.63. The predicted octanol–water partition coefficient (Wildman–Crippen LogP) is 3.73. The summed E-state index contributed by atoms with van der Waals surface area (Å²) in [6.07, 6.45) is 6.33. The summed E-state index contributed by atoms with van der Waals surface area (Å²) in [7, 11) is -3.78. The number of amides is 1. The largest absolute Gasteiger partial charge is 0.322 e. The Morgan fingerprint density at radius 1 is 1.07 bits per heavy atom. The maximum atomic E-state index is 12.9. The molecule has 29 heavy (non-hydrogen) atoms. The molecule has 0 aliphatic carbocycles. The lowest BCUT2D eigenvalue weighted by atomic mass is 10.2. The van der Waals surface area contributed by atoms with E-state index >= 15 is 0 Å². The molecule has 0 fully saturated rings. The van der Waals surface area contributed by atoms with Crippen LogP contribution in [0.25, 0.3) is 6.08 Å². The summed E-state index contributed by atoms with van der Waals surface area (Å²) < 4.78 is 40.7. The number of amidine groups is 1. The van der Waals surface area contributed by atoms with E-state index in [4.69, 9.17) is 0 Å². The number of sulfonamides is 1. The summed E-state index contributed by atoms with van der Waals surface area (Å²) in [6.45, 7) is 0.619. The van der Waals surface area contributed by atoms with Gasteiger partial charge in [-0.2, -0.15) is 0 Å². The fraction of sp³-hybridized carbons (Fsp3) is 0.238. The molecule has 1 amide bonds. The average molecular weight is 415 g/mol. The first kappa shape index (κ1) is 20.7. The summed E-state index contributed by atoms with van der Waals surface area (Å²) in [5.74, 6) is -0.308. The molecular formula is C21H22FN3O3S. The second kappa shape index (κ2) is 9.47. The Morgan fingerprint density at radius 2 is 1.86 bits per heavy atom. The van der Waals surface area contributed by atoms with Crippen molar-refractivity contribution in [3.05, 3.63) is 66.0 Å². The van der Waals surface area contributed by atoms with E-state index in [9.17, 15) is 17.6 Å². The van der Waals surface area contributed by atoms with Crippen molar-refractivity contribution < 1.29 is 17.6 Å². The van der Waals surface area contributed by atoms with Gasteiger partial charge in [0.2, 0.25) is 5.91 Å². The first-order valence-electron chi connectivity index (χ1n) is 9.33. The third-order valence-corrected chi connectivity index (χ3v) is 5.71. The number of hydrogen-bond donors (Lipinski definition) is 2. The van der Waals surface area contributed by atoms with Crippen molar-refractivity contribution in [3.63, 3.8) is 0 Å². The highest BCUT2D eigenvalue weighted by molar-refractivity contribution is 7.90. The summed E-state index contributed by atoms with van der Waals surface area (Å²) >= 11 is 0. The van der Waals surface area contributed by atoms with Gasteiger partial charge in [0.1, 0.15) is 11.7 Å². The average Bonchev–Trinajstić information content (AvgIpc) is 2.96. The number of hydrogen-bond acceptors (Lipinski definition) is 4. The van der Waals surface area contributed by atoms with Crippen molar-refractivity contribution in [3.8, 4) is 0 Å². The molecular weight excluding hydrogens is 393 g/mol. The van der Waals surface area contributed by atoms with E-state index in [1.165, 1.54) is 30.3 Å². The van der Waals surface area contributed by atoms with Gasteiger partial charge < -0.3 is 5.32 Å². The van der Waals surface area contributed by atoms with E-state index in [-0.39, 0.29) is 10.7 Å². The summed E-state index contributed by atoms with van der Waals surface area (Å²) in [4.78, 5) is 16.4. The number of aliphatic imine (C=N–C) groups is 1. The molecule has 0 bridgehead atoms. The van der Waals surface area contributed by atoms with E-state index in [0.29, 0.717) is 30.1 Å². The molecule has 2 aromatic carbocycles. The van der Waals surface area contributed by atoms with Gasteiger partial charge in [0.05, 0.1) is 4.90 Å². The Hall–Kier alpha value is -3.00. The Balaban J connectivity index is 1.67. The van der Waals surface area contributed by atoms with Crippen LogP contribution in [0.2, 0.25) is 0 Å². The van der Waals surface area contributed by atoms with Gasteiger partial charge in [-0.1, -0.05) is 24.6 Å². The zero-order valence-electron chi connectivity index (χ0n) is 15.8. The monoisotopic (exact) mass is 415 g/mol. The lowest BCUT2D eigenvalue weighted by Crippen LogP contribution is -2.30. The van der Waals surface area contributed by atoms with Crippen LogP contribution in [0.4, 0.5) is 10.1 Å². The first-order chi connectivity index (χ1) is 13.9. The Kier molecular flexibility index (Phi) is 6.77. The molecule has 2 aromatic rings. The number of nitrogens with one attached hydrogen (secondary N) is 2. The molecule has 0 atom stereocenters. The Bertz CT molecular complexity index is 1030. The number of carbonyl (C=O) groups is 1. The van der Waals surface area contributed by atoms with Gasteiger partial charge in [0.15, 0.2) is 0 Å². The molecule has 3 rings (SSSR count). The SMILES string of the molecule is O=C(/C=C/c1ccc(F)cc1)Nc1cccc(S(=O)(=O)NC2=NCCCCC2)c1. The lowest BCUT2D eigenvalue weighted by molar-refractivity contribution is -0.111. The van der Waals surface area contributed by atoms with Gasteiger partial charge in [-0.15, -0.1) is 0 Å². The van der Waals surface area contributed by atoms with Crippen LogP contribution in [0.5, 0.6) is 0 Å². The molecule has 0 radical (unpaired) electrons.